The molecular formula is C14H14FN3O. The molecule has 0 saturated carbocycles. The van der Waals surface area contributed by atoms with Crippen LogP contribution in [0, 0.1) is 5.82 Å². The van der Waals surface area contributed by atoms with Crippen molar-refractivity contribution < 1.29 is 9.18 Å². The number of amides is 2. The molecule has 2 aromatic rings. The van der Waals surface area contributed by atoms with E-state index in [1.54, 1.807) is 43.4 Å². The van der Waals surface area contributed by atoms with Crippen molar-refractivity contribution in [3.05, 3.63) is 54.3 Å². The van der Waals surface area contributed by atoms with Gasteiger partial charge in [-0.1, -0.05) is 18.2 Å². The Morgan fingerprint density at radius 2 is 1.95 bits per heavy atom. The van der Waals surface area contributed by atoms with Crippen LogP contribution >= 0.6 is 0 Å². The van der Waals surface area contributed by atoms with Gasteiger partial charge in [0.05, 0.1) is 5.69 Å². The molecule has 0 aliphatic heterocycles. The molecule has 0 radical (unpaired) electrons. The molecule has 0 heterocycles. The second kappa shape index (κ2) is 5.39. The number of hydrogen-bond acceptors (Lipinski definition) is 2. The first-order valence-electron chi connectivity index (χ1n) is 5.72. The Morgan fingerprint density at radius 1 is 1.21 bits per heavy atom. The molecule has 5 heteroatoms. The fourth-order valence-electron chi connectivity index (χ4n) is 1.61. The van der Waals surface area contributed by atoms with Crippen molar-refractivity contribution in [1.82, 2.24) is 0 Å². The highest BCUT2D eigenvalue weighted by Gasteiger charge is 2.12. The minimum absolute atomic E-state index is 0.142. The number of rotatable bonds is 2. The van der Waals surface area contributed by atoms with Crippen LogP contribution in [0.5, 0.6) is 0 Å². The van der Waals surface area contributed by atoms with Crippen LogP contribution in [0.1, 0.15) is 0 Å². The van der Waals surface area contributed by atoms with Crippen LogP contribution in [0.15, 0.2) is 48.5 Å². The normalized spacial score (nSPS) is 10.0. The molecule has 0 saturated heterocycles. The van der Waals surface area contributed by atoms with Gasteiger partial charge in [-0.25, -0.2) is 9.18 Å². The highest BCUT2D eigenvalue weighted by atomic mass is 19.1. The van der Waals surface area contributed by atoms with Gasteiger partial charge in [-0.05, 0) is 30.3 Å². The number of benzene rings is 2. The van der Waals surface area contributed by atoms with E-state index in [-0.39, 0.29) is 5.69 Å². The molecular weight excluding hydrogens is 245 g/mol. The zero-order valence-corrected chi connectivity index (χ0v) is 10.4. The zero-order chi connectivity index (χ0) is 13.8. The lowest BCUT2D eigenvalue weighted by molar-refractivity contribution is 0.258. The van der Waals surface area contributed by atoms with E-state index in [0.717, 1.165) is 0 Å². The number of halogens is 1. The molecule has 0 unspecified atom stereocenters. The van der Waals surface area contributed by atoms with Gasteiger partial charge in [0.25, 0.3) is 0 Å². The first kappa shape index (κ1) is 12.9. The molecule has 0 bridgehead atoms. The average molecular weight is 259 g/mol. The quantitative estimate of drug-likeness (QED) is 0.814. The first-order valence-corrected chi connectivity index (χ1v) is 5.72. The third-order valence-corrected chi connectivity index (χ3v) is 2.68. The Kier molecular flexibility index (Phi) is 3.66. The van der Waals surface area contributed by atoms with Crippen LogP contribution < -0.4 is 16.0 Å². The van der Waals surface area contributed by atoms with Gasteiger partial charge in [-0.15, -0.1) is 0 Å². The minimum atomic E-state index is -0.475. The van der Waals surface area contributed by atoms with Crippen molar-refractivity contribution in [2.75, 3.05) is 23.0 Å². The SMILES string of the molecule is CN(C(=O)Nc1ccccc1F)c1cccc(N)c1. The van der Waals surface area contributed by atoms with E-state index in [9.17, 15) is 9.18 Å². The number of para-hydroxylation sites is 1. The molecule has 0 aliphatic rings. The Bertz CT molecular complexity index is 601. The second-order valence-electron chi connectivity index (χ2n) is 4.06. The standard InChI is InChI=1S/C14H14FN3O/c1-18(11-6-4-5-10(16)9-11)14(19)17-13-8-3-2-7-12(13)15/h2-9H,16H2,1H3,(H,17,19). The van der Waals surface area contributed by atoms with E-state index >= 15 is 0 Å². The lowest BCUT2D eigenvalue weighted by Crippen LogP contribution is -2.31. The van der Waals surface area contributed by atoms with Gasteiger partial charge >= 0.3 is 6.03 Å². The molecule has 4 nitrogen and oxygen atoms in total. The number of nitrogens with one attached hydrogen (secondary N) is 1. The van der Waals surface area contributed by atoms with E-state index in [0.29, 0.717) is 11.4 Å². The number of anilines is 3. The van der Waals surface area contributed by atoms with Gasteiger partial charge in [0, 0.05) is 18.4 Å². The minimum Gasteiger partial charge on any atom is -0.399 e. The fraction of sp³-hybridized carbons (Fsp3) is 0.0714. The molecule has 19 heavy (non-hydrogen) atoms. The van der Waals surface area contributed by atoms with E-state index in [2.05, 4.69) is 5.32 Å². The van der Waals surface area contributed by atoms with Gasteiger partial charge in [0.15, 0.2) is 0 Å². The lowest BCUT2D eigenvalue weighted by atomic mass is 10.2. The van der Waals surface area contributed by atoms with Gasteiger partial charge < -0.3 is 11.1 Å². The average Bonchev–Trinajstić information content (AvgIpc) is 2.40. The summed E-state index contributed by atoms with van der Waals surface area (Å²) in [5.41, 5.74) is 6.99. The predicted octanol–water partition coefficient (Wildman–Crippen LogP) is 3.08. The third kappa shape index (κ3) is 3.01. The molecule has 2 aromatic carbocycles. The number of carbonyl (C=O) groups excluding carboxylic acids is 1. The van der Waals surface area contributed by atoms with E-state index in [4.69, 9.17) is 5.73 Å². The summed E-state index contributed by atoms with van der Waals surface area (Å²) >= 11 is 0. The molecule has 0 fully saturated rings. The summed E-state index contributed by atoms with van der Waals surface area (Å²) < 4.78 is 13.4. The van der Waals surface area contributed by atoms with Crippen LogP contribution in [0.25, 0.3) is 0 Å². The number of carbonyl (C=O) groups is 1. The first-order chi connectivity index (χ1) is 9.08. The van der Waals surface area contributed by atoms with Crippen LogP contribution in [0.4, 0.5) is 26.2 Å². The predicted molar refractivity (Wildman–Crippen MR) is 74.7 cm³/mol. The van der Waals surface area contributed by atoms with Crippen molar-refractivity contribution in [3.8, 4) is 0 Å². The smallest absolute Gasteiger partial charge is 0.326 e. The van der Waals surface area contributed by atoms with Gasteiger partial charge in [-0.2, -0.15) is 0 Å². The van der Waals surface area contributed by atoms with E-state index in [1.807, 2.05) is 0 Å². The second-order valence-corrected chi connectivity index (χ2v) is 4.06. The molecule has 0 aliphatic carbocycles. The Balaban J connectivity index is 2.14. The molecule has 2 rings (SSSR count). The van der Waals surface area contributed by atoms with Crippen LogP contribution in [-0.4, -0.2) is 13.1 Å². The van der Waals surface area contributed by atoms with Gasteiger partial charge in [-0.3, -0.25) is 4.90 Å². The molecule has 0 spiro atoms. The summed E-state index contributed by atoms with van der Waals surface area (Å²) in [5.74, 6) is -0.475. The van der Waals surface area contributed by atoms with Crippen molar-refractivity contribution in [1.29, 1.82) is 0 Å². The van der Waals surface area contributed by atoms with Gasteiger partial charge in [0.1, 0.15) is 5.82 Å². The summed E-state index contributed by atoms with van der Waals surface area (Å²) in [5, 5.41) is 2.50. The molecule has 0 aromatic heterocycles. The monoisotopic (exact) mass is 259 g/mol. The Labute approximate surface area is 110 Å². The summed E-state index contributed by atoms with van der Waals surface area (Å²) in [6.45, 7) is 0. The van der Waals surface area contributed by atoms with Crippen LogP contribution in [-0.2, 0) is 0 Å². The van der Waals surface area contributed by atoms with Crippen LogP contribution in [0.3, 0.4) is 0 Å². The molecule has 98 valence electrons. The Morgan fingerprint density at radius 3 is 2.63 bits per heavy atom. The van der Waals surface area contributed by atoms with Crippen molar-refractivity contribution >= 4 is 23.1 Å². The highest BCUT2D eigenvalue weighted by molar-refractivity contribution is 6.01. The third-order valence-electron chi connectivity index (χ3n) is 2.68. The number of urea groups is 1. The molecule has 2 amide bonds. The number of nitrogen functional groups attached to an aromatic ring is 1. The van der Waals surface area contributed by atoms with Crippen LogP contribution in [0.2, 0.25) is 0 Å². The molecule has 3 N–H and O–H groups in total. The van der Waals surface area contributed by atoms with E-state index < -0.39 is 11.8 Å². The van der Waals surface area contributed by atoms with Crippen molar-refractivity contribution in [2.24, 2.45) is 0 Å². The lowest BCUT2D eigenvalue weighted by Gasteiger charge is -2.18. The number of nitrogens with two attached hydrogens (primary N) is 1. The van der Waals surface area contributed by atoms with E-state index in [1.165, 1.54) is 17.0 Å². The number of hydrogen-bond donors (Lipinski definition) is 2. The Hall–Kier alpha value is -2.56. The maximum absolute atomic E-state index is 13.4. The number of nitrogens with zero attached hydrogens (tertiary/aromatic N) is 1. The maximum Gasteiger partial charge on any atom is 0.326 e. The largest absolute Gasteiger partial charge is 0.399 e. The molecule has 0 atom stereocenters. The summed E-state index contributed by atoms with van der Waals surface area (Å²) in [4.78, 5) is 13.3. The van der Waals surface area contributed by atoms with Crippen molar-refractivity contribution in [3.63, 3.8) is 0 Å². The maximum atomic E-state index is 13.4. The summed E-state index contributed by atoms with van der Waals surface area (Å²) in [6.07, 6.45) is 0. The van der Waals surface area contributed by atoms with Gasteiger partial charge in [0.2, 0.25) is 0 Å². The summed E-state index contributed by atoms with van der Waals surface area (Å²) in [6, 6.07) is 12.5. The highest BCUT2D eigenvalue weighted by Crippen LogP contribution is 2.18. The van der Waals surface area contributed by atoms with Crippen molar-refractivity contribution in [2.45, 2.75) is 0 Å². The fourth-order valence-corrected chi connectivity index (χ4v) is 1.61. The summed E-state index contributed by atoms with van der Waals surface area (Å²) in [7, 11) is 1.59. The zero-order valence-electron chi connectivity index (χ0n) is 10.4. The topological polar surface area (TPSA) is 58.4 Å².